The van der Waals surface area contributed by atoms with Gasteiger partial charge in [0.25, 0.3) is 0 Å². The lowest BCUT2D eigenvalue weighted by Crippen LogP contribution is -2.39. The first kappa shape index (κ1) is 16.6. The lowest BCUT2D eigenvalue weighted by molar-refractivity contribution is -0.121. The minimum atomic E-state index is -0.579. The maximum atomic E-state index is 11.8. The van der Waals surface area contributed by atoms with E-state index in [9.17, 15) is 9.90 Å². The molecule has 0 spiro atoms. The van der Waals surface area contributed by atoms with Gasteiger partial charge in [-0.25, -0.2) is 0 Å². The van der Waals surface area contributed by atoms with E-state index in [1.807, 2.05) is 37.6 Å². The molecule has 1 amide bonds. The fraction of sp³-hybridized carbons (Fsp3) is 0.533. The molecule has 6 nitrogen and oxygen atoms in total. The molecule has 1 unspecified atom stereocenters. The number of aliphatic hydroxyl groups excluding tert-OH is 1. The first-order valence-electron chi connectivity index (χ1n) is 7.16. The molecule has 0 fully saturated rings. The first-order chi connectivity index (χ1) is 10.4. The number of hydrogen-bond donors (Lipinski definition) is 2. The summed E-state index contributed by atoms with van der Waals surface area (Å²) in [5, 5.41) is 20.4. The summed E-state index contributed by atoms with van der Waals surface area (Å²) in [5.74, 6) is 0.839. The van der Waals surface area contributed by atoms with Crippen molar-refractivity contribution in [1.82, 2.24) is 15.5 Å². The predicted molar refractivity (Wildman–Crippen MR) is 84.4 cm³/mol. The van der Waals surface area contributed by atoms with Crippen molar-refractivity contribution in [2.45, 2.75) is 39.7 Å². The van der Waals surface area contributed by atoms with Gasteiger partial charge in [-0.3, -0.25) is 4.79 Å². The largest absolute Gasteiger partial charge is 0.391 e. The molecular weight excluding hydrogens is 302 g/mol. The Balaban J connectivity index is 1.77. The molecule has 7 heteroatoms. The first-order valence-corrected chi connectivity index (χ1v) is 8.10. The van der Waals surface area contributed by atoms with Crippen LogP contribution in [0.2, 0.25) is 0 Å². The molecule has 120 valence electrons. The zero-order valence-corrected chi connectivity index (χ0v) is 13.8. The highest BCUT2D eigenvalue weighted by Crippen LogP contribution is 2.19. The standard InChI is InChI=1S/C15H21N3O3S/c1-15(2,3)11(19)8-16-12(20)4-5-13-17-14(18-21-13)10-6-7-22-9-10/h6-7,9,11,19H,4-5,8H2,1-3H3,(H,16,20). The van der Waals surface area contributed by atoms with Gasteiger partial charge in [0.05, 0.1) is 6.10 Å². The molecule has 2 aromatic heterocycles. The van der Waals surface area contributed by atoms with Gasteiger partial charge in [0.15, 0.2) is 0 Å². The zero-order valence-electron chi connectivity index (χ0n) is 13.0. The van der Waals surface area contributed by atoms with Crippen LogP contribution in [0.25, 0.3) is 11.4 Å². The van der Waals surface area contributed by atoms with E-state index in [1.165, 1.54) is 0 Å². The van der Waals surface area contributed by atoms with Crippen molar-refractivity contribution in [2.75, 3.05) is 6.54 Å². The molecule has 0 aromatic carbocycles. The van der Waals surface area contributed by atoms with Gasteiger partial charge in [0, 0.05) is 30.3 Å². The van der Waals surface area contributed by atoms with E-state index in [4.69, 9.17) is 4.52 Å². The smallest absolute Gasteiger partial charge is 0.227 e. The van der Waals surface area contributed by atoms with Crippen LogP contribution in [-0.4, -0.2) is 33.8 Å². The molecule has 0 aliphatic heterocycles. The molecule has 2 rings (SSSR count). The van der Waals surface area contributed by atoms with Crippen LogP contribution < -0.4 is 5.32 Å². The topological polar surface area (TPSA) is 88.2 Å². The average Bonchev–Trinajstić information content (AvgIpc) is 3.11. The average molecular weight is 323 g/mol. The number of carbonyl (C=O) groups is 1. The Morgan fingerprint density at radius 2 is 2.27 bits per heavy atom. The Kier molecular flexibility index (Phi) is 5.31. The van der Waals surface area contributed by atoms with E-state index in [0.717, 1.165) is 5.56 Å². The quantitative estimate of drug-likeness (QED) is 0.851. The number of nitrogens with one attached hydrogen (secondary N) is 1. The molecule has 0 bridgehead atoms. The molecule has 2 heterocycles. The second-order valence-electron chi connectivity index (χ2n) is 6.21. The molecule has 0 aliphatic rings. The highest BCUT2D eigenvalue weighted by molar-refractivity contribution is 7.08. The molecule has 2 N–H and O–H groups in total. The Labute approximate surface area is 133 Å². The Bertz CT molecular complexity index is 602. The summed E-state index contributed by atoms with van der Waals surface area (Å²) >= 11 is 1.56. The summed E-state index contributed by atoms with van der Waals surface area (Å²) in [4.78, 5) is 16.0. The molecule has 1 atom stereocenters. The SMILES string of the molecule is CC(C)(C)C(O)CNC(=O)CCc1nc(-c2ccsc2)no1. The van der Waals surface area contributed by atoms with Gasteiger partial charge in [0.2, 0.25) is 17.6 Å². The highest BCUT2D eigenvalue weighted by atomic mass is 32.1. The van der Waals surface area contributed by atoms with Crippen molar-refractivity contribution < 1.29 is 14.4 Å². The minimum Gasteiger partial charge on any atom is -0.391 e. The van der Waals surface area contributed by atoms with Crippen molar-refractivity contribution in [1.29, 1.82) is 0 Å². The van der Waals surface area contributed by atoms with Gasteiger partial charge in [-0.15, -0.1) is 0 Å². The van der Waals surface area contributed by atoms with Crippen LogP contribution in [0.1, 0.15) is 33.1 Å². The van der Waals surface area contributed by atoms with E-state index in [1.54, 1.807) is 11.3 Å². The van der Waals surface area contributed by atoms with Crippen molar-refractivity contribution in [3.05, 3.63) is 22.7 Å². The third-order valence-electron chi connectivity index (χ3n) is 3.31. The van der Waals surface area contributed by atoms with Crippen LogP contribution in [0.3, 0.4) is 0 Å². The van der Waals surface area contributed by atoms with E-state index >= 15 is 0 Å². The Morgan fingerprint density at radius 3 is 2.91 bits per heavy atom. The molecule has 0 aliphatic carbocycles. The number of nitrogens with zero attached hydrogens (tertiary/aromatic N) is 2. The molecular formula is C15H21N3O3S. The van der Waals surface area contributed by atoms with Crippen LogP contribution in [0.15, 0.2) is 21.3 Å². The summed E-state index contributed by atoms with van der Waals surface area (Å²) in [5.41, 5.74) is 0.660. The minimum absolute atomic E-state index is 0.140. The summed E-state index contributed by atoms with van der Waals surface area (Å²) < 4.78 is 5.13. The van der Waals surface area contributed by atoms with E-state index in [0.29, 0.717) is 18.1 Å². The summed E-state index contributed by atoms with van der Waals surface area (Å²) in [7, 11) is 0. The van der Waals surface area contributed by atoms with Gasteiger partial charge in [-0.2, -0.15) is 16.3 Å². The highest BCUT2D eigenvalue weighted by Gasteiger charge is 2.22. The predicted octanol–water partition coefficient (Wildman–Crippen LogP) is 2.25. The van der Waals surface area contributed by atoms with Gasteiger partial charge in [-0.1, -0.05) is 25.9 Å². The maximum absolute atomic E-state index is 11.8. The number of thiophene rings is 1. The van der Waals surface area contributed by atoms with Gasteiger partial charge in [0.1, 0.15) is 0 Å². The van der Waals surface area contributed by atoms with Gasteiger partial charge in [-0.05, 0) is 16.9 Å². The third-order valence-corrected chi connectivity index (χ3v) is 3.99. The van der Waals surface area contributed by atoms with Crippen LogP contribution in [-0.2, 0) is 11.2 Å². The van der Waals surface area contributed by atoms with Crippen molar-refractivity contribution >= 4 is 17.2 Å². The van der Waals surface area contributed by atoms with E-state index in [-0.39, 0.29) is 24.3 Å². The summed E-state index contributed by atoms with van der Waals surface area (Å²) in [6, 6.07) is 1.92. The van der Waals surface area contributed by atoms with Crippen LogP contribution in [0, 0.1) is 5.41 Å². The number of aryl methyl sites for hydroxylation is 1. The zero-order chi connectivity index (χ0) is 16.2. The molecule has 0 saturated heterocycles. The molecule has 0 radical (unpaired) electrons. The lowest BCUT2D eigenvalue weighted by atomic mass is 9.89. The second kappa shape index (κ2) is 7.02. The number of aliphatic hydroxyl groups is 1. The van der Waals surface area contributed by atoms with E-state index in [2.05, 4.69) is 15.5 Å². The maximum Gasteiger partial charge on any atom is 0.227 e. The fourth-order valence-corrected chi connectivity index (χ4v) is 2.33. The number of amides is 1. The normalized spacial score (nSPS) is 13.1. The summed E-state index contributed by atoms with van der Waals surface area (Å²) in [6.45, 7) is 6.02. The lowest BCUT2D eigenvalue weighted by Gasteiger charge is -2.25. The molecule has 22 heavy (non-hydrogen) atoms. The van der Waals surface area contributed by atoms with Crippen molar-refractivity contribution in [3.63, 3.8) is 0 Å². The van der Waals surface area contributed by atoms with Gasteiger partial charge < -0.3 is 14.9 Å². The Hall–Kier alpha value is -1.73. The summed E-state index contributed by atoms with van der Waals surface area (Å²) in [6.07, 6.45) is 0.0570. The van der Waals surface area contributed by atoms with Crippen LogP contribution >= 0.6 is 11.3 Å². The van der Waals surface area contributed by atoms with Gasteiger partial charge >= 0.3 is 0 Å². The number of rotatable bonds is 6. The van der Waals surface area contributed by atoms with Crippen molar-refractivity contribution in [2.24, 2.45) is 5.41 Å². The fourth-order valence-electron chi connectivity index (χ4n) is 1.69. The van der Waals surface area contributed by atoms with Crippen molar-refractivity contribution in [3.8, 4) is 11.4 Å². The number of hydrogen-bond acceptors (Lipinski definition) is 6. The second-order valence-corrected chi connectivity index (χ2v) is 6.99. The Morgan fingerprint density at radius 1 is 1.50 bits per heavy atom. The molecule has 2 aromatic rings. The van der Waals surface area contributed by atoms with E-state index < -0.39 is 6.10 Å². The molecule has 0 saturated carbocycles. The third kappa shape index (κ3) is 4.64. The van der Waals surface area contributed by atoms with Crippen LogP contribution in [0.4, 0.5) is 0 Å². The monoisotopic (exact) mass is 323 g/mol. The number of carbonyl (C=O) groups excluding carboxylic acids is 1. The number of aromatic nitrogens is 2. The van der Waals surface area contributed by atoms with Crippen LogP contribution in [0.5, 0.6) is 0 Å².